The second-order valence-electron chi connectivity index (χ2n) is 7.18. The van der Waals surface area contributed by atoms with Crippen molar-refractivity contribution in [1.82, 2.24) is 9.78 Å². The highest BCUT2D eigenvalue weighted by atomic mass is 19.4. The predicted octanol–water partition coefficient (Wildman–Crippen LogP) is 5.16. The van der Waals surface area contributed by atoms with E-state index < -0.39 is 23.4 Å². The van der Waals surface area contributed by atoms with Crippen LogP contribution in [-0.2, 0) is 10.9 Å². The fourth-order valence-electron chi connectivity index (χ4n) is 2.66. The van der Waals surface area contributed by atoms with Gasteiger partial charge in [0.25, 0.3) is 0 Å². The zero-order chi connectivity index (χ0) is 20.7. The average Bonchev–Trinajstić information content (AvgIpc) is 2.89. The quantitative estimate of drug-likeness (QED) is 0.629. The SMILES string of the molecule is CC(C)(C)OC(=O)n1nc(N)c2ccc(Nc3ccccc3C(F)(F)F)cc21. The summed E-state index contributed by atoms with van der Waals surface area (Å²) in [6.45, 7) is 5.13. The van der Waals surface area contributed by atoms with Crippen LogP contribution in [0.15, 0.2) is 42.5 Å². The van der Waals surface area contributed by atoms with Crippen molar-refractivity contribution in [3.8, 4) is 0 Å². The number of para-hydroxylation sites is 1. The lowest BCUT2D eigenvalue weighted by molar-refractivity contribution is -0.136. The van der Waals surface area contributed by atoms with Gasteiger partial charge in [-0.05, 0) is 51.1 Å². The van der Waals surface area contributed by atoms with Crippen molar-refractivity contribution in [3.63, 3.8) is 0 Å². The van der Waals surface area contributed by atoms with E-state index in [0.717, 1.165) is 10.7 Å². The first-order chi connectivity index (χ1) is 13.0. The van der Waals surface area contributed by atoms with Crippen LogP contribution in [0, 0.1) is 0 Å². The highest BCUT2D eigenvalue weighted by Crippen LogP contribution is 2.36. The summed E-state index contributed by atoms with van der Waals surface area (Å²) in [7, 11) is 0. The molecule has 2 aromatic carbocycles. The molecule has 148 valence electrons. The van der Waals surface area contributed by atoms with Gasteiger partial charge in [0, 0.05) is 11.1 Å². The number of benzene rings is 2. The van der Waals surface area contributed by atoms with Gasteiger partial charge in [-0.3, -0.25) is 0 Å². The fraction of sp³-hybridized carbons (Fsp3) is 0.263. The van der Waals surface area contributed by atoms with Crippen molar-refractivity contribution in [2.24, 2.45) is 0 Å². The van der Waals surface area contributed by atoms with Gasteiger partial charge in [0.05, 0.1) is 16.8 Å². The van der Waals surface area contributed by atoms with Crippen LogP contribution in [0.4, 0.5) is 35.2 Å². The number of nitrogens with zero attached hydrogens (tertiary/aromatic N) is 2. The monoisotopic (exact) mass is 392 g/mol. The van der Waals surface area contributed by atoms with Gasteiger partial charge in [-0.1, -0.05) is 12.1 Å². The number of hydrogen-bond acceptors (Lipinski definition) is 5. The van der Waals surface area contributed by atoms with Crippen molar-refractivity contribution < 1.29 is 22.7 Å². The smallest absolute Gasteiger partial charge is 0.435 e. The molecule has 0 aliphatic heterocycles. The molecule has 0 aliphatic rings. The maximum atomic E-state index is 13.2. The molecule has 0 spiro atoms. The van der Waals surface area contributed by atoms with Gasteiger partial charge >= 0.3 is 12.3 Å². The van der Waals surface area contributed by atoms with Crippen LogP contribution >= 0.6 is 0 Å². The summed E-state index contributed by atoms with van der Waals surface area (Å²) in [4.78, 5) is 12.4. The Morgan fingerprint density at radius 2 is 1.82 bits per heavy atom. The van der Waals surface area contributed by atoms with Crippen molar-refractivity contribution in [2.75, 3.05) is 11.1 Å². The Bertz CT molecular complexity index is 1040. The number of fused-ring (bicyclic) bond motifs is 1. The van der Waals surface area contributed by atoms with Crippen molar-refractivity contribution >= 4 is 34.2 Å². The normalized spacial score (nSPS) is 12.2. The summed E-state index contributed by atoms with van der Waals surface area (Å²) in [5.74, 6) is 0.114. The number of carbonyl (C=O) groups is 1. The Kier molecular flexibility index (Phi) is 4.70. The number of anilines is 3. The number of nitrogen functional groups attached to an aromatic ring is 1. The standard InChI is InChI=1S/C19H19F3N4O2/c1-18(2,3)28-17(27)26-15-10-11(8-9-12(15)16(23)25-26)24-14-7-5-4-6-13(14)19(20,21)22/h4-10,24H,1-3H3,(H2,23,25). The summed E-state index contributed by atoms with van der Waals surface area (Å²) in [6, 6.07) is 9.77. The molecular formula is C19H19F3N4O2. The highest BCUT2D eigenvalue weighted by molar-refractivity contribution is 5.96. The van der Waals surface area contributed by atoms with E-state index in [0.29, 0.717) is 16.6 Å². The lowest BCUT2D eigenvalue weighted by Gasteiger charge is -2.19. The highest BCUT2D eigenvalue weighted by Gasteiger charge is 2.33. The minimum atomic E-state index is -4.50. The first-order valence-corrected chi connectivity index (χ1v) is 8.40. The van der Waals surface area contributed by atoms with Crippen LogP contribution < -0.4 is 11.1 Å². The van der Waals surface area contributed by atoms with Gasteiger partial charge in [0.15, 0.2) is 5.82 Å². The van der Waals surface area contributed by atoms with E-state index in [1.165, 1.54) is 24.3 Å². The van der Waals surface area contributed by atoms with E-state index in [9.17, 15) is 18.0 Å². The molecular weight excluding hydrogens is 373 g/mol. The maximum absolute atomic E-state index is 13.2. The lowest BCUT2D eigenvalue weighted by Crippen LogP contribution is -2.27. The average molecular weight is 392 g/mol. The van der Waals surface area contributed by atoms with E-state index in [-0.39, 0.29) is 11.5 Å². The molecule has 0 unspecified atom stereocenters. The number of alkyl halides is 3. The number of ether oxygens (including phenoxy) is 1. The molecule has 0 bridgehead atoms. The molecule has 3 rings (SSSR count). The summed E-state index contributed by atoms with van der Waals surface area (Å²) >= 11 is 0. The van der Waals surface area contributed by atoms with Crippen LogP contribution in [-0.4, -0.2) is 21.5 Å². The van der Waals surface area contributed by atoms with Gasteiger partial charge < -0.3 is 15.8 Å². The summed E-state index contributed by atoms with van der Waals surface area (Å²) in [5, 5.41) is 7.22. The summed E-state index contributed by atoms with van der Waals surface area (Å²) in [5.41, 5.74) is 4.87. The molecule has 9 heteroatoms. The number of aromatic nitrogens is 2. The number of rotatable bonds is 2. The molecule has 1 heterocycles. The van der Waals surface area contributed by atoms with Gasteiger partial charge in [-0.2, -0.15) is 17.9 Å². The zero-order valence-electron chi connectivity index (χ0n) is 15.5. The number of halogens is 3. The zero-order valence-corrected chi connectivity index (χ0v) is 15.5. The largest absolute Gasteiger partial charge is 0.442 e. The van der Waals surface area contributed by atoms with Crippen LogP contribution in [0.25, 0.3) is 10.9 Å². The van der Waals surface area contributed by atoms with E-state index in [1.807, 2.05) is 0 Å². The molecule has 3 N–H and O–H groups in total. The minimum absolute atomic E-state index is 0.106. The van der Waals surface area contributed by atoms with Gasteiger partial charge in [0.1, 0.15) is 5.60 Å². The molecule has 0 amide bonds. The van der Waals surface area contributed by atoms with Crippen LogP contribution in [0.1, 0.15) is 26.3 Å². The molecule has 28 heavy (non-hydrogen) atoms. The number of nitrogens with two attached hydrogens (primary N) is 1. The topological polar surface area (TPSA) is 82.2 Å². The van der Waals surface area contributed by atoms with Crippen LogP contribution in [0.2, 0.25) is 0 Å². The Balaban J connectivity index is 2.02. The third-order valence-corrected chi connectivity index (χ3v) is 3.79. The molecule has 0 aliphatic carbocycles. The molecule has 0 saturated heterocycles. The maximum Gasteiger partial charge on any atom is 0.435 e. The summed E-state index contributed by atoms with van der Waals surface area (Å²) < 4.78 is 45.9. The van der Waals surface area contributed by atoms with Crippen molar-refractivity contribution in [3.05, 3.63) is 48.0 Å². The Morgan fingerprint density at radius 3 is 2.46 bits per heavy atom. The van der Waals surface area contributed by atoms with Crippen LogP contribution in [0.3, 0.4) is 0 Å². The summed E-state index contributed by atoms with van der Waals surface area (Å²) in [6.07, 6.45) is -5.24. The number of nitrogens with one attached hydrogen (secondary N) is 1. The minimum Gasteiger partial charge on any atom is -0.442 e. The molecule has 3 aromatic rings. The third kappa shape index (κ3) is 4.03. The van der Waals surface area contributed by atoms with Gasteiger partial charge in [0.2, 0.25) is 0 Å². The van der Waals surface area contributed by atoms with Gasteiger partial charge in [-0.15, -0.1) is 5.10 Å². The number of carbonyl (C=O) groups excluding carboxylic acids is 1. The van der Waals surface area contributed by atoms with E-state index in [2.05, 4.69) is 10.4 Å². The van der Waals surface area contributed by atoms with Crippen molar-refractivity contribution in [2.45, 2.75) is 32.5 Å². The third-order valence-electron chi connectivity index (χ3n) is 3.79. The van der Waals surface area contributed by atoms with Gasteiger partial charge in [-0.25, -0.2) is 4.79 Å². The Hall–Kier alpha value is -3.23. The van der Waals surface area contributed by atoms with Crippen LogP contribution in [0.5, 0.6) is 0 Å². The second-order valence-corrected chi connectivity index (χ2v) is 7.18. The molecule has 0 fully saturated rings. The Morgan fingerprint density at radius 1 is 1.14 bits per heavy atom. The molecule has 0 radical (unpaired) electrons. The van der Waals surface area contributed by atoms with E-state index in [4.69, 9.17) is 10.5 Å². The first-order valence-electron chi connectivity index (χ1n) is 8.40. The predicted molar refractivity (Wildman–Crippen MR) is 101 cm³/mol. The molecule has 0 saturated carbocycles. The molecule has 0 atom stereocenters. The lowest BCUT2D eigenvalue weighted by atomic mass is 10.1. The second kappa shape index (κ2) is 6.74. The van der Waals surface area contributed by atoms with E-state index >= 15 is 0 Å². The Labute approximate surface area is 159 Å². The fourth-order valence-corrected chi connectivity index (χ4v) is 2.66. The first kappa shape index (κ1) is 19.5. The molecule has 1 aromatic heterocycles. The number of hydrogen-bond donors (Lipinski definition) is 2. The van der Waals surface area contributed by atoms with E-state index in [1.54, 1.807) is 32.9 Å². The van der Waals surface area contributed by atoms with Crippen molar-refractivity contribution in [1.29, 1.82) is 0 Å². The molecule has 6 nitrogen and oxygen atoms in total.